The molecule has 0 spiro atoms. The lowest BCUT2D eigenvalue weighted by molar-refractivity contribution is 0.0698. The van der Waals surface area contributed by atoms with E-state index in [9.17, 15) is 13.2 Å². The van der Waals surface area contributed by atoms with Crippen molar-refractivity contribution in [2.75, 3.05) is 39.4 Å². The second-order valence-corrected chi connectivity index (χ2v) is 8.50. The first kappa shape index (κ1) is 21.1. The molecule has 1 heterocycles. The van der Waals surface area contributed by atoms with Crippen LogP contribution in [0.25, 0.3) is 0 Å². The van der Waals surface area contributed by atoms with Crippen LogP contribution in [-0.4, -0.2) is 62.9 Å². The number of hydrogen-bond donors (Lipinski definition) is 0. The lowest BCUT2D eigenvalue weighted by Gasteiger charge is -2.34. The molecule has 2 aromatic carbocycles. The van der Waals surface area contributed by atoms with Gasteiger partial charge in [-0.2, -0.15) is 4.31 Å². The van der Waals surface area contributed by atoms with Crippen molar-refractivity contribution in [3.05, 3.63) is 54.1 Å². The predicted molar refractivity (Wildman–Crippen MR) is 110 cm³/mol. The van der Waals surface area contributed by atoms with E-state index in [1.807, 2.05) is 13.8 Å². The molecule has 0 bridgehead atoms. The van der Waals surface area contributed by atoms with Crippen LogP contribution in [0.3, 0.4) is 0 Å². The topological polar surface area (TPSA) is 76.2 Å². The van der Waals surface area contributed by atoms with Crippen molar-refractivity contribution in [2.45, 2.75) is 18.7 Å². The van der Waals surface area contributed by atoms with Crippen molar-refractivity contribution < 1.29 is 22.7 Å². The summed E-state index contributed by atoms with van der Waals surface area (Å²) in [6.07, 6.45) is 0. The number of rotatable bonds is 7. The molecule has 0 saturated carbocycles. The molecule has 8 heteroatoms. The van der Waals surface area contributed by atoms with Crippen molar-refractivity contribution in [3.63, 3.8) is 0 Å². The molecule has 7 nitrogen and oxygen atoms in total. The molecule has 0 aliphatic carbocycles. The van der Waals surface area contributed by atoms with Crippen molar-refractivity contribution in [1.29, 1.82) is 0 Å². The average molecular weight is 419 g/mol. The van der Waals surface area contributed by atoms with Crippen LogP contribution in [-0.2, 0) is 10.0 Å². The van der Waals surface area contributed by atoms with Gasteiger partial charge in [0, 0.05) is 31.7 Å². The fraction of sp³-hybridized carbons (Fsp3) is 0.381. The second kappa shape index (κ2) is 9.28. The van der Waals surface area contributed by atoms with Gasteiger partial charge in [0.05, 0.1) is 18.1 Å². The van der Waals surface area contributed by atoms with E-state index < -0.39 is 10.0 Å². The number of benzene rings is 2. The van der Waals surface area contributed by atoms with E-state index in [0.717, 1.165) is 5.75 Å². The lowest BCUT2D eigenvalue weighted by Crippen LogP contribution is -2.50. The van der Waals surface area contributed by atoms with Crippen LogP contribution in [0, 0.1) is 0 Å². The highest BCUT2D eigenvalue weighted by molar-refractivity contribution is 7.89. The average Bonchev–Trinajstić information content (AvgIpc) is 2.75. The summed E-state index contributed by atoms with van der Waals surface area (Å²) in [7, 11) is -3.60. The molecule has 0 unspecified atom stereocenters. The number of sulfonamides is 1. The van der Waals surface area contributed by atoms with Gasteiger partial charge in [0.25, 0.3) is 5.91 Å². The zero-order valence-corrected chi connectivity index (χ0v) is 17.5. The van der Waals surface area contributed by atoms with Crippen molar-refractivity contribution >= 4 is 15.9 Å². The van der Waals surface area contributed by atoms with Crippen LogP contribution in [0.5, 0.6) is 11.5 Å². The van der Waals surface area contributed by atoms with Gasteiger partial charge < -0.3 is 14.4 Å². The summed E-state index contributed by atoms with van der Waals surface area (Å²) >= 11 is 0. The molecule has 0 N–H and O–H groups in total. The molecule has 3 rings (SSSR count). The molecule has 1 aliphatic heterocycles. The van der Waals surface area contributed by atoms with Crippen molar-refractivity contribution in [1.82, 2.24) is 9.21 Å². The molecule has 0 atom stereocenters. The highest BCUT2D eigenvalue weighted by Crippen LogP contribution is 2.22. The van der Waals surface area contributed by atoms with Crippen LogP contribution in [0.1, 0.15) is 24.2 Å². The Balaban J connectivity index is 1.62. The Bertz CT molecular complexity index is 919. The number of ether oxygens (including phenoxy) is 2. The van der Waals surface area contributed by atoms with E-state index in [0.29, 0.717) is 37.6 Å². The highest BCUT2D eigenvalue weighted by Gasteiger charge is 2.30. The molecule has 1 fully saturated rings. The first-order valence-corrected chi connectivity index (χ1v) is 11.1. The van der Waals surface area contributed by atoms with Crippen molar-refractivity contribution in [3.8, 4) is 11.5 Å². The second-order valence-electron chi connectivity index (χ2n) is 6.56. The maximum absolute atomic E-state index is 12.9. The van der Waals surface area contributed by atoms with Gasteiger partial charge >= 0.3 is 0 Å². The Morgan fingerprint density at radius 1 is 0.828 bits per heavy atom. The number of piperazine rings is 1. The summed E-state index contributed by atoms with van der Waals surface area (Å²) in [5.74, 6) is 1.25. The minimum atomic E-state index is -3.60. The third kappa shape index (κ3) is 4.89. The minimum Gasteiger partial charge on any atom is -0.494 e. The summed E-state index contributed by atoms with van der Waals surface area (Å²) in [6, 6.07) is 13.4. The Labute approximate surface area is 171 Å². The monoisotopic (exact) mass is 418 g/mol. The molecule has 0 radical (unpaired) electrons. The van der Waals surface area contributed by atoms with Gasteiger partial charge in [-0.05, 0) is 62.4 Å². The van der Waals surface area contributed by atoms with Gasteiger partial charge in [0.2, 0.25) is 10.0 Å². The van der Waals surface area contributed by atoms with Crippen LogP contribution in [0.2, 0.25) is 0 Å². The number of carbonyl (C=O) groups excluding carboxylic acids is 1. The maximum atomic E-state index is 12.9. The van der Waals surface area contributed by atoms with Gasteiger partial charge in [-0.25, -0.2) is 8.42 Å². The smallest absolute Gasteiger partial charge is 0.253 e. The Morgan fingerprint density at radius 3 is 1.79 bits per heavy atom. The molecule has 0 aromatic heterocycles. The normalized spacial score (nSPS) is 15.2. The fourth-order valence-corrected chi connectivity index (χ4v) is 4.62. The Hall–Kier alpha value is -2.58. The first-order valence-electron chi connectivity index (χ1n) is 9.71. The van der Waals surface area contributed by atoms with Gasteiger partial charge in [-0.15, -0.1) is 0 Å². The van der Waals surface area contributed by atoms with Crippen LogP contribution < -0.4 is 9.47 Å². The summed E-state index contributed by atoms with van der Waals surface area (Å²) < 4.78 is 37.9. The minimum absolute atomic E-state index is 0.105. The molecule has 29 heavy (non-hydrogen) atoms. The molecule has 1 aliphatic rings. The van der Waals surface area contributed by atoms with E-state index in [1.54, 1.807) is 53.4 Å². The standard InChI is InChI=1S/C21H26N2O5S/c1-3-27-18-7-5-17(6-8-18)21(24)22-13-15-23(16-14-22)29(25,26)20-11-9-19(10-12-20)28-4-2/h5-12H,3-4,13-16H2,1-2H3. The van der Waals surface area contributed by atoms with Gasteiger partial charge in [0.15, 0.2) is 0 Å². The van der Waals surface area contributed by atoms with E-state index in [4.69, 9.17) is 9.47 Å². The van der Waals surface area contributed by atoms with Gasteiger partial charge in [0.1, 0.15) is 11.5 Å². The van der Waals surface area contributed by atoms with Gasteiger partial charge in [-0.1, -0.05) is 0 Å². The highest BCUT2D eigenvalue weighted by atomic mass is 32.2. The Kier molecular flexibility index (Phi) is 6.76. The molecular weight excluding hydrogens is 392 g/mol. The van der Waals surface area contributed by atoms with E-state index in [1.165, 1.54) is 4.31 Å². The number of carbonyl (C=O) groups is 1. The molecule has 2 aromatic rings. The SMILES string of the molecule is CCOc1ccc(C(=O)N2CCN(S(=O)(=O)c3ccc(OCC)cc3)CC2)cc1. The van der Waals surface area contributed by atoms with Crippen molar-refractivity contribution in [2.24, 2.45) is 0 Å². The van der Waals surface area contributed by atoms with Gasteiger partial charge in [-0.3, -0.25) is 4.79 Å². The number of hydrogen-bond acceptors (Lipinski definition) is 5. The Morgan fingerprint density at radius 2 is 1.31 bits per heavy atom. The van der Waals surface area contributed by atoms with Crippen LogP contribution >= 0.6 is 0 Å². The lowest BCUT2D eigenvalue weighted by atomic mass is 10.2. The zero-order chi connectivity index (χ0) is 20.9. The third-order valence-electron chi connectivity index (χ3n) is 4.71. The number of nitrogens with zero attached hydrogens (tertiary/aromatic N) is 2. The summed E-state index contributed by atoms with van der Waals surface area (Å²) in [6.45, 7) is 6.09. The quantitative estimate of drug-likeness (QED) is 0.691. The van der Waals surface area contributed by atoms with E-state index in [2.05, 4.69) is 0 Å². The predicted octanol–water partition coefficient (Wildman–Crippen LogP) is 2.63. The summed E-state index contributed by atoms with van der Waals surface area (Å²) in [5.41, 5.74) is 0.566. The zero-order valence-electron chi connectivity index (χ0n) is 16.7. The summed E-state index contributed by atoms with van der Waals surface area (Å²) in [4.78, 5) is 14.6. The van der Waals surface area contributed by atoms with Crippen LogP contribution in [0.15, 0.2) is 53.4 Å². The maximum Gasteiger partial charge on any atom is 0.253 e. The summed E-state index contributed by atoms with van der Waals surface area (Å²) in [5, 5.41) is 0. The van der Waals surface area contributed by atoms with Crippen LogP contribution in [0.4, 0.5) is 0 Å². The van der Waals surface area contributed by atoms with E-state index >= 15 is 0 Å². The molecular formula is C21H26N2O5S. The number of amides is 1. The first-order chi connectivity index (χ1) is 14.0. The van der Waals surface area contributed by atoms with E-state index in [-0.39, 0.29) is 23.9 Å². The molecule has 156 valence electrons. The molecule has 1 amide bonds. The third-order valence-corrected chi connectivity index (χ3v) is 6.62. The fourth-order valence-electron chi connectivity index (χ4n) is 3.20. The molecule has 1 saturated heterocycles. The largest absolute Gasteiger partial charge is 0.494 e.